The predicted molar refractivity (Wildman–Crippen MR) is 67.4 cm³/mol. The van der Waals surface area contributed by atoms with Gasteiger partial charge in [0.1, 0.15) is 10.8 Å². The Labute approximate surface area is 117 Å². The topological polar surface area (TPSA) is 17.8 Å². The van der Waals surface area contributed by atoms with E-state index in [2.05, 4.69) is 5.10 Å². The lowest BCUT2D eigenvalue weighted by atomic mass is 10.2. The molecule has 0 amide bonds. The summed E-state index contributed by atoms with van der Waals surface area (Å²) in [4.78, 5) is 0. The summed E-state index contributed by atoms with van der Waals surface area (Å²) in [6.45, 7) is 1.83. The number of hydrogen-bond donors (Lipinski definition) is 0. The Balaban J connectivity index is 2.65. The first-order valence-electron chi connectivity index (χ1n) is 5.46. The minimum absolute atomic E-state index is 0.0942. The summed E-state index contributed by atoms with van der Waals surface area (Å²) in [6, 6.07) is 1.16. The number of aromatic nitrogens is 2. The Bertz CT molecular complexity index is 626. The molecule has 0 aliphatic heterocycles. The number of nitrogens with zero attached hydrogens (tertiary/aromatic N) is 2. The van der Waals surface area contributed by atoms with Crippen LogP contribution in [0.3, 0.4) is 0 Å². The predicted octanol–water partition coefficient (Wildman–Crippen LogP) is 4.24. The Kier molecular flexibility index (Phi) is 4.06. The molecule has 7 heteroatoms. The van der Waals surface area contributed by atoms with Crippen molar-refractivity contribution in [1.29, 1.82) is 0 Å². The van der Waals surface area contributed by atoms with E-state index in [9.17, 15) is 13.2 Å². The quantitative estimate of drug-likeness (QED) is 0.612. The molecule has 2 aromatic rings. The van der Waals surface area contributed by atoms with E-state index >= 15 is 0 Å². The van der Waals surface area contributed by atoms with Gasteiger partial charge in [0.2, 0.25) is 0 Å². The van der Waals surface area contributed by atoms with Crippen molar-refractivity contribution >= 4 is 23.2 Å². The van der Waals surface area contributed by atoms with Crippen LogP contribution >= 0.6 is 23.2 Å². The molecule has 1 aromatic carbocycles. The van der Waals surface area contributed by atoms with Crippen molar-refractivity contribution in [3.8, 4) is 5.69 Å². The highest BCUT2D eigenvalue weighted by Crippen LogP contribution is 2.27. The lowest BCUT2D eigenvalue weighted by molar-refractivity contribution is 0.491. The first kappa shape index (κ1) is 14.2. The van der Waals surface area contributed by atoms with E-state index in [1.807, 2.05) is 6.92 Å². The summed E-state index contributed by atoms with van der Waals surface area (Å²) in [5.74, 6) is -3.29. The summed E-state index contributed by atoms with van der Waals surface area (Å²) in [6.07, 6.45) is 0.542. The van der Waals surface area contributed by atoms with E-state index in [4.69, 9.17) is 23.2 Å². The average molecular weight is 309 g/mol. The van der Waals surface area contributed by atoms with Crippen molar-refractivity contribution in [2.75, 3.05) is 0 Å². The third-order valence-corrected chi connectivity index (χ3v) is 3.35. The molecule has 0 saturated heterocycles. The molecular weight excluding hydrogens is 300 g/mol. The fourth-order valence-electron chi connectivity index (χ4n) is 1.72. The third kappa shape index (κ3) is 2.44. The lowest BCUT2D eigenvalue weighted by Gasteiger charge is -2.05. The zero-order valence-electron chi connectivity index (χ0n) is 9.85. The maximum absolute atomic E-state index is 13.7. The summed E-state index contributed by atoms with van der Waals surface area (Å²) < 4.78 is 40.8. The summed E-state index contributed by atoms with van der Waals surface area (Å²) in [5.41, 5.74) is 0.883. The van der Waals surface area contributed by atoms with Crippen molar-refractivity contribution in [1.82, 2.24) is 9.78 Å². The fraction of sp³-hybridized carbons (Fsp3) is 0.250. The molecule has 0 spiro atoms. The van der Waals surface area contributed by atoms with Gasteiger partial charge in [0.25, 0.3) is 0 Å². The zero-order chi connectivity index (χ0) is 14.2. The summed E-state index contributed by atoms with van der Waals surface area (Å²) >= 11 is 11.8. The minimum Gasteiger partial charge on any atom is -0.219 e. The second kappa shape index (κ2) is 5.43. The van der Waals surface area contributed by atoms with Crippen LogP contribution in [0.2, 0.25) is 5.15 Å². The van der Waals surface area contributed by atoms with Crippen LogP contribution in [0.5, 0.6) is 0 Å². The summed E-state index contributed by atoms with van der Waals surface area (Å²) in [5, 5.41) is 4.17. The van der Waals surface area contributed by atoms with Crippen molar-refractivity contribution in [2.45, 2.75) is 19.2 Å². The van der Waals surface area contributed by atoms with E-state index in [1.54, 1.807) is 0 Å². The fourth-order valence-corrected chi connectivity index (χ4v) is 2.38. The van der Waals surface area contributed by atoms with Gasteiger partial charge >= 0.3 is 0 Å². The van der Waals surface area contributed by atoms with E-state index in [0.29, 0.717) is 29.8 Å². The number of halogens is 5. The van der Waals surface area contributed by atoms with Gasteiger partial charge in [-0.15, -0.1) is 11.6 Å². The van der Waals surface area contributed by atoms with Crippen LogP contribution in [0.1, 0.15) is 18.2 Å². The third-order valence-electron chi connectivity index (χ3n) is 2.69. The van der Waals surface area contributed by atoms with Gasteiger partial charge < -0.3 is 0 Å². The van der Waals surface area contributed by atoms with Gasteiger partial charge in [0, 0.05) is 17.7 Å². The first-order valence-corrected chi connectivity index (χ1v) is 6.38. The Hall–Kier alpha value is -1.20. The summed E-state index contributed by atoms with van der Waals surface area (Å²) in [7, 11) is 0. The van der Waals surface area contributed by atoms with Crippen molar-refractivity contribution in [3.05, 3.63) is 46.0 Å². The SMILES string of the molecule is CCc1nn(-c2cc(F)c(F)cc2F)c(Cl)c1CCl. The van der Waals surface area contributed by atoms with Crippen LogP contribution in [0.25, 0.3) is 5.69 Å². The molecule has 0 aliphatic carbocycles. The lowest BCUT2D eigenvalue weighted by Crippen LogP contribution is -2.03. The average Bonchev–Trinajstić information content (AvgIpc) is 2.70. The second-order valence-corrected chi connectivity index (χ2v) is 4.46. The van der Waals surface area contributed by atoms with Crippen LogP contribution in [-0.2, 0) is 12.3 Å². The normalized spacial score (nSPS) is 11.1. The molecule has 0 aliphatic rings. The van der Waals surface area contributed by atoms with Gasteiger partial charge in [-0.05, 0) is 6.42 Å². The van der Waals surface area contributed by atoms with Crippen LogP contribution in [0, 0.1) is 17.5 Å². The Morgan fingerprint density at radius 3 is 2.32 bits per heavy atom. The molecular formula is C12H9Cl2F3N2. The Morgan fingerprint density at radius 1 is 1.16 bits per heavy atom. The van der Waals surface area contributed by atoms with Gasteiger partial charge in [-0.25, -0.2) is 17.9 Å². The van der Waals surface area contributed by atoms with Crippen molar-refractivity contribution in [3.63, 3.8) is 0 Å². The molecule has 1 heterocycles. The molecule has 0 unspecified atom stereocenters. The van der Waals surface area contributed by atoms with Gasteiger partial charge in [-0.2, -0.15) is 5.10 Å². The van der Waals surface area contributed by atoms with E-state index < -0.39 is 17.5 Å². The molecule has 0 saturated carbocycles. The number of alkyl halides is 1. The largest absolute Gasteiger partial charge is 0.219 e. The number of rotatable bonds is 3. The molecule has 1 aromatic heterocycles. The Morgan fingerprint density at radius 2 is 1.79 bits per heavy atom. The highest BCUT2D eigenvalue weighted by Gasteiger charge is 2.19. The van der Waals surface area contributed by atoms with Gasteiger partial charge in [0.15, 0.2) is 17.5 Å². The molecule has 0 atom stereocenters. The number of aryl methyl sites for hydroxylation is 1. The highest BCUT2D eigenvalue weighted by molar-refractivity contribution is 6.31. The van der Waals surface area contributed by atoms with Gasteiger partial charge in [-0.1, -0.05) is 18.5 Å². The molecule has 0 bridgehead atoms. The number of hydrogen-bond acceptors (Lipinski definition) is 1. The molecule has 0 N–H and O–H groups in total. The van der Waals surface area contributed by atoms with Crippen LogP contribution < -0.4 is 0 Å². The maximum Gasteiger partial charge on any atom is 0.161 e. The van der Waals surface area contributed by atoms with E-state index in [1.165, 1.54) is 0 Å². The molecule has 0 radical (unpaired) electrons. The van der Waals surface area contributed by atoms with Crippen molar-refractivity contribution < 1.29 is 13.2 Å². The van der Waals surface area contributed by atoms with Gasteiger partial charge in [-0.3, -0.25) is 0 Å². The number of benzene rings is 1. The highest BCUT2D eigenvalue weighted by atomic mass is 35.5. The zero-order valence-corrected chi connectivity index (χ0v) is 11.4. The van der Waals surface area contributed by atoms with Crippen LogP contribution in [-0.4, -0.2) is 9.78 Å². The molecule has 0 fully saturated rings. The second-order valence-electron chi connectivity index (χ2n) is 3.83. The molecule has 19 heavy (non-hydrogen) atoms. The van der Waals surface area contributed by atoms with Gasteiger partial charge in [0.05, 0.1) is 11.6 Å². The van der Waals surface area contributed by atoms with E-state index in [0.717, 1.165) is 4.68 Å². The smallest absolute Gasteiger partial charge is 0.161 e. The molecule has 2 nitrogen and oxygen atoms in total. The first-order chi connectivity index (χ1) is 8.99. The van der Waals surface area contributed by atoms with E-state index in [-0.39, 0.29) is 16.7 Å². The monoisotopic (exact) mass is 308 g/mol. The standard InChI is InChI=1S/C12H9Cl2F3N2/c1-2-10-6(5-13)12(14)19(18-10)11-4-8(16)7(15)3-9(11)17/h3-4H,2,5H2,1H3. The molecule has 102 valence electrons. The maximum atomic E-state index is 13.7. The molecule has 2 rings (SSSR count). The minimum atomic E-state index is -1.27. The van der Waals surface area contributed by atoms with Crippen LogP contribution in [0.4, 0.5) is 13.2 Å². The van der Waals surface area contributed by atoms with Crippen LogP contribution in [0.15, 0.2) is 12.1 Å². The van der Waals surface area contributed by atoms with Crippen molar-refractivity contribution in [2.24, 2.45) is 0 Å².